The number of nitrogens with zero attached hydrogens (tertiary/aromatic N) is 1. The van der Waals surface area contributed by atoms with Gasteiger partial charge in [0.2, 0.25) is 0 Å². The van der Waals surface area contributed by atoms with Crippen LogP contribution in [0.25, 0.3) is 0 Å². The number of benzene rings is 2. The van der Waals surface area contributed by atoms with Crippen LogP contribution in [-0.2, 0) is 12.7 Å². The maximum Gasteiger partial charge on any atom is 0.416 e. The highest BCUT2D eigenvalue weighted by Gasteiger charge is 2.31. The lowest BCUT2D eigenvalue weighted by Crippen LogP contribution is -2.41. The van der Waals surface area contributed by atoms with Gasteiger partial charge in [-0.05, 0) is 37.9 Å². The fraction of sp³-hybridized carbons (Fsp3) is 0.250. The minimum atomic E-state index is -4.33. The quantitative estimate of drug-likeness (QED) is 0.926. The summed E-state index contributed by atoms with van der Waals surface area (Å²) in [6.07, 6.45) is -4.33. The van der Waals surface area contributed by atoms with Gasteiger partial charge >= 0.3 is 6.18 Å². The Morgan fingerprint density at radius 1 is 1.05 bits per heavy atom. The molecule has 2 nitrogen and oxygen atoms in total. The van der Waals surface area contributed by atoms with Crippen molar-refractivity contribution in [3.8, 4) is 0 Å². The van der Waals surface area contributed by atoms with Gasteiger partial charge in [0.25, 0.3) is 0 Å². The van der Waals surface area contributed by atoms with Crippen LogP contribution >= 0.6 is 11.8 Å². The molecule has 0 saturated heterocycles. The molecule has 22 heavy (non-hydrogen) atoms. The van der Waals surface area contributed by atoms with Crippen LogP contribution < -0.4 is 5.73 Å². The Kier molecular flexibility index (Phi) is 5.16. The fourth-order valence-electron chi connectivity index (χ4n) is 2.05. The molecule has 3 N–H and O–H groups in total. The number of rotatable bonds is 4. The van der Waals surface area contributed by atoms with Crippen molar-refractivity contribution in [3.63, 3.8) is 0 Å². The highest BCUT2D eigenvalue weighted by atomic mass is 32.2. The van der Waals surface area contributed by atoms with Crippen molar-refractivity contribution in [2.75, 3.05) is 14.1 Å². The molecule has 0 fully saturated rings. The molecule has 0 saturated carbocycles. The van der Waals surface area contributed by atoms with E-state index in [1.807, 2.05) is 38.4 Å². The molecule has 0 aliphatic carbocycles. The molecule has 2 aromatic rings. The van der Waals surface area contributed by atoms with E-state index in [1.165, 1.54) is 17.8 Å². The molecule has 0 amide bonds. The molecule has 0 aromatic heterocycles. The van der Waals surface area contributed by atoms with E-state index >= 15 is 0 Å². The fourth-order valence-corrected chi connectivity index (χ4v) is 3.02. The predicted octanol–water partition coefficient (Wildman–Crippen LogP) is 3.79. The second-order valence-electron chi connectivity index (χ2n) is 5.27. The summed E-state index contributed by atoms with van der Waals surface area (Å²) in [6.45, 7) is 0.774. The molecule has 2 rings (SSSR count). The van der Waals surface area contributed by atoms with Crippen LogP contribution in [0.4, 0.5) is 18.9 Å². The topological polar surface area (TPSA) is 30.9 Å². The summed E-state index contributed by atoms with van der Waals surface area (Å²) < 4.78 is 38.1. The van der Waals surface area contributed by atoms with Gasteiger partial charge < -0.3 is 10.6 Å². The Bertz CT molecular complexity index is 654. The van der Waals surface area contributed by atoms with Gasteiger partial charge in [-0.1, -0.05) is 30.0 Å². The van der Waals surface area contributed by atoms with Crippen LogP contribution in [0, 0.1) is 0 Å². The van der Waals surface area contributed by atoms with Crippen LogP contribution in [0.5, 0.6) is 0 Å². The van der Waals surface area contributed by atoms with Crippen molar-refractivity contribution in [3.05, 3.63) is 53.6 Å². The first-order valence-corrected chi connectivity index (χ1v) is 7.52. The average molecular weight is 327 g/mol. The molecule has 118 valence electrons. The Balaban J connectivity index is 2.28. The summed E-state index contributed by atoms with van der Waals surface area (Å²) in [4.78, 5) is 3.82. The molecule has 0 atom stereocenters. The number of halogens is 3. The van der Waals surface area contributed by atoms with Gasteiger partial charge in [-0.3, -0.25) is 0 Å². The smallest absolute Gasteiger partial charge is 0.324 e. The molecule has 2 aromatic carbocycles. The maximum absolute atomic E-state index is 12.7. The second-order valence-corrected chi connectivity index (χ2v) is 6.35. The van der Waals surface area contributed by atoms with E-state index in [0.717, 1.165) is 34.0 Å². The third-order valence-corrected chi connectivity index (χ3v) is 4.30. The molecule has 0 radical (unpaired) electrons. The van der Waals surface area contributed by atoms with Gasteiger partial charge in [0, 0.05) is 17.5 Å². The zero-order valence-corrected chi connectivity index (χ0v) is 13.3. The van der Waals surface area contributed by atoms with Crippen LogP contribution in [0.2, 0.25) is 0 Å². The number of hydrogen-bond acceptors (Lipinski definition) is 2. The van der Waals surface area contributed by atoms with Gasteiger partial charge in [-0.25, -0.2) is 0 Å². The SMILES string of the molecule is CN(C)Cc1ccccc1Sc1ccc(C(F)(F)F)cc1[NH3+]. The van der Waals surface area contributed by atoms with Gasteiger partial charge in [0.15, 0.2) is 0 Å². The van der Waals surface area contributed by atoms with E-state index in [-0.39, 0.29) is 0 Å². The van der Waals surface area contributed by atoms with Gasteiger partial charge in [-0.2, -0.15) is 13.2 Å². The van der Waals surface area contributed by atoms with Crippen molar-refractivity contribution in [1.29, 1.82) is 0 Å². The number of quaternary nitrogens is 1. The summed E-state index contributed by atoms with van der Waals surface area (Å²) in [5, 5.41) is 0. The first kappa shape index (κ1) is 16.9. The van der Waals surface area contributed by atoms with Crippen molar-refractivity contribution in [2.24, 2.45) is 0 Å². The molecule has 0 spiro atoms. The Labute approximate surface area is 132 Å². The van der Waals surface area contributed by atoms with E-state index in [9.17, 15) is 13.2 Å². The van der Waals surface area contributed by atoms with Gasteiger partial charge in [0.05, 0.1) is 10.5 Å². The highest BCUT2D eigenvalue weighted by Crippen LogP contribution is 2.37. The highest BCUT2D eigenvalue weighted by molar-refractivity contribution is 7.99. The van der Waals surface area contributed by atoms with Crippen molar-refractivity contribution in [1.82, 2.24) is 4.90 Å². The monoisotopic (exact) mass is 327 g/mol. The zero-order valence-electron chi connectivity index (χ0n) is 12.4. The van der Waals surface area contributed by atoms with Crippen LogP contribution in [0.15, 0.2) is 52.3 Å². The summed E-state index contributed by atoms with van der Waals surface area (Å²) in [5.41, 5.74) is 4.61. The Morgan fingerprint density at radius 2 is 1.73 bits per heavy atom. The Morgan fingerprint density at radius 3 is 2.32 bits per heavy atom. The lowest BCUT2D eigenvalue weighted by molar-refractivity contribution is -0.259. The van der Waals surface area contributed by atoms with E-state index in [4.69, 9.17) is 0 Å². The molecule has 6 heteroatoms. The predicted molar refractivity (Wildman–Crippen MR) is 81.9 cm³/mol. The zero-order chi connectivity index (χ0) is 16.3. The molecular weight excluding hydrogens is 309 g/mol. The summed E-state index contributed by atoms with van der Waals surface area (Å²) in [6, 6.07) is 11.6. The van der Waals surface area contributed by atoms with E-state index in [0.29, 0.717) is 5.69 Å². The van der Waals surface area contributed by atoms with Crippen molar-refractivity contribution >= 4 is 17.4 Å². The first-order valence-electron chi connectivity index (χ1n) is 6.71. The molecular formula is C16H18F3N2S+. The standard InChI is InChI=1S/C16H17F3N2S/c1-21(2)10-11-5-3-4-6-14(11)22-15-8-7-12(9-13(15)20)16(17,18)19/h3-9H,10,20H2,1-2H3/p+1. The average Bonchev–Trinajstić information content (AvgIpc) is 2.41. The summed E-state index contributed by atoms with van der Waals surface area (Å²) in [7, 11) is 3.96. The molecule has 0 bridgehead atoms. The molecule has 0 aliphatic heterocycles. The lowest BCUT2D eigenvalue weighted by Gasteiger charge is -2.14. The van der Waals surface area contributed by atoms with Crippen LogP contribution in [0.1, 0.15) is 11.1 Å². The third kappa shape index (κ3) is 4.25. The molecule has 0 heterocycles. The van der Waals surface area contributed by atoms with E-state index in [2.05, 4.69) is 10.6 Å². The minimum Gasteiger partial charge on any atom is -0.324 e. The van der Waals surface area contributed by atoms with Crippen LogP contribution in [-0.4, -0.2) is 19.0 Å². The van der Waals surface area contributed by atoms with Crippen molar-refractivity contribution < 1.29 is 18.9 Å². The molecule has 0 unspecified atom stereocenters. The largest absolute Gasteiger partial charge is 0.416 e. The van der Waals surface area contributed by atoms with Gasteiger partial charge in [-0.15, -0.1) is 0 Å². The lowest BCUT2D eigenvalue weighted by atomic mass is 10.2. The summed E-state index contributed by atoms with van der Waals surface area (Å²) >= 11 is 1.45. The number of hydrogen-bond donors (Lipinski definition) is 1. The number of alkyl halides is 3. The van der Waals surface area contributed by atoms with Crippen molar-refractivity contribution in [2.45, 2.75) is 22.5 Å². The van der Waals surface area contributed by atoms with E-state index < -0.39 is 11.7 Å². The summed E-state index contributed by atoms with van der Waals surface area (Å²) in [5.74, 6) is 0. The third-order valence-electron chi connectivity index (χ3n) is 3.07. The Hall–Kier alpha value is -1.50. The minimum absolute atomic E-state index is 0.388. The normalized spacial score (nSPS) is 12.0. The maximum atomic E-state index is 12.7. The van der Waals surface area contributed by atoms with E-state index in [1.54, 1.807) is 0 Å². The first-order chi connectivity index (χ1) is 10.3. The van der Waals surface area contributed by atoms with Gasteiger partial charge in [0.1, 0.15) is 5.69 Å². The molecule has 0 aliphatic rings. The second kappa shape index (κ2) is 6.73. The van der Waals surface area contributed by atoms with Crippen LogP contribution in [0.3, 0.4) is 0 Å².